The molecule has 1 aromatic heterocycles. The second-order valence-corrected chi connectivity index (χ2v) is 7.20. The maximum atomic E-state index is 13.4. The van der Waals surface area contributed by atoms with E-state index < -0.39 is 11.6 Å². The van der Waals surface area contributed by atoms with E-state index in [9.17, 15) is 14.3 Å². The number of fused-ring (bicyclic) bond motifs is 1. The van der Waals surface area contributed by atoms with Crippen LogP contribution in [0.2, 0.25) is 0 Å². The molecule has 136 valence electrons. The molecular weight excluding hydrogens is 335 g/mol. The maximum absolute atomic E-state index is 13.4. The number of aromatic hydroxyl groups is 1. The van der Waals surface area contributed by atoms with E-state index in [1.807, 2.05) is 12.1 Å². The summed E-state index contributed by atoms with van der Waals surface area (Å²) in [6, 6.07) is 7.58. The first-order valence-corrected chi connectivity index (χ1v) is 8.89. The molecule has 2 fully saturated rings. The van der Waals surface area contributed by atoms with E-state index in [2.05, 4.69) is 9.88 Å². The molecule has 0 spiro atoms. The molecule has 2 aromatic rings. The van der Waals surface area contributed by atoms with Crippen molar-refractivity contribution in [3.8, 4) is 11.5 Å². The van der Waals surface area contributed by atoms with Crippen LogP contribution in [0.5, 0.6) is 11.5 Å². The smallest absolute Gasteiger partial charge is 0.176 e. The first-order chi connectivity index (χ1) is 12.6. The Morgan fingerprint density at radius 3 is 2.69 bits per heavy atom. The standard InChI is InChI=1S/C20H21FN2O3/c21-18-8-13(3-4-19(18)24)20(25)12-23-10-14-6-17(7-15(14)11-23)26-16-2-1-5-22-9-16/h1-5,8-9,14-15,17,24H,6-7,10-12H2/t14-,15+,17-. The Bertz CT molecular complexity index is 785. The van der Waals surface area contributed by atoms with Crippen LogP contribution in [0.4, 0.5) is 4.39 Å². The number of carbonyl (C=O) groups is 1. The minimum atomic E-state index is -0.760. The molecular formula is C20H21FN2O3. The fraction of sp³-hybridized carbons (Fsp3) is 0.400. The van der Waals surface area contributed by atoms with Gasteiger partial charge in [0.2, 0.25) is 0 Å². The number of likely N-dealkylation sites (tertiary alicyclic amines) is 1. The highest BCUT2D eigenvalue weighted by molar-refractivity contribution is 5.97. The van der Waals surface area contributed by atoms with Gasteiger partial charge in [0.15, 0.2) is 17.3 Å². The van der Waals surface area contributed by atoms with Crippen LogP contribution in [-0.2, 0) is 0 Å². The van der Waals surface area contributed by atoms with Gasteiger partial charge in [0.25, 0.3) is 0 Å². The zero-order valence-electron chi connectivity index (χ0n) is 14.3. The lowest BCUT2D eigenvalue weighted by molar-refractivity contribution is 0.0936. The van der Waals surface area contributed by atoms with E-state index in [1.165, 1.54) is 12.1 Å². The number of aromatic nitrogens is 1. The summed E-state index contributed by atoms with van der Waals surface area (Å²) in [6.07, 6.45) is 5.63. The number of ether oxygens (including phenoxy) is 1. The summed E-state index contributed by atoms with van der Waals surface area (Å²) in [5.41, 5.74) is 0.301. The van der Waals surface area contributed by atoms with Crippen molar-refractivity contribution in [2.75, 3.05) is 19.6 Å². The number of nitrogens with zero attached hydrogens (tertiary/aromatic N) is 2. The summed E-state index contributed by atoms with van der Waals surface area (Å²) >= 11 is 0. The number of ketones is 1. The Hall–Kier alpha value is -2.47. The summed E-state index contributed by atoms with van der Waals surface area (Å²) < 4.78 is 19.4. The zero-order valence-corrected chi connectivity index (χ0v) is 14.3. The number of carbonyl (C=O) groups excluding carboxylic acids is 1. The van der Waals surface area contributed by atoms with E-state index in [0.29, 0.717) is 17.4 Å². The second-order valence-electron chi connectivity index (χ2n) is 7.20. The summed E-state index contributed by atoms with van der Waals surface area (Å²) in [5, 5.41) is 9.24. The molecule has 2 aliphatic rings. The molecule has 1 N–H and O–H groups in total. The number of rotatable bonds is 5. The lowest BCUT2D eigenvalue weighted by atomic mass is 10.0. The predicted molar refractivity (Wildman–Crippen MR) is 93.7 cm³/mol. The SMILES string of the molecule is O=C(CN1C[C@H]2C[C@@H](Oc3cccnc3)C[C@H]2C1)c1ccc(O)c(F)c1. The van der Waals surface area contributed by atoms with E-state index in [4.69, 9.17) is 4.74 Å². The van der Waals surface area contributed by atoms with Crippen LogP contribution in [0.3, 0.4) is 0 Å². The van der Waals surface area contributed by atoms with Crippen LogP contribution < -0.4 is 4.74 Å². The van der Waals surface area contributed by atoms with Crippen LogP contribution in [0.15, 0.2) is 42.7 Å². The van der Waals surface area contributed by atoms with Gasteiger partial charge in [0.05, 0.1) is 18.8 Å². The van der Waals surface area contributed by atoms with Gasteiger partial charge >= 0.3 is 0 Å². The van der Waals surface area contributed by atoms with Crippen LogP contribution >= 0.6 is 0 Å². The molecule has 26 heavy (non-hydrogen) atoms. The minimum absolute atomic E-state index is 0.118. The highest BCUT2D eigenvalue weighted by Crippen LogP contribution is 2.39. The number of benzene rings is 1. The van der Waals surface area contributed by atoms with Gasteiger partial charge in [-0.1, -0.05) is 0 Å². The quantitative estimate of drug-likeness (QED) is 0.835. The summed E-state index contributed by atoms with van der Waals surface area (Å²) in [4.78, 5) is 18.6. The fourth-order valence-corrected chi connectivity index (χ4v) is 4.15. The van der Waals surface area contributed by atoms with Crippen molar-refractivity contribution >= 4 is 5.78 Å². The van der Waals surface area contributed by atoms with Crippen molar-refractivity contribution in [1.82, 2.24) is 9.88 Å². The maximum Gasteiger partial charge on any atom is 0.176 e. The van der Waals surface area contributed by atoms with Gasteiger partial charge in [-0.3, -0.25) is 14.7 Å². The molecule has 6 heteroatoms. The van der Waals surface area contributed by atoms with Crippen molar-refractivity contribution in [1.29, 1.82) is 0 Å². The predicted octanol–water partition coefficient (Wildman–Crippen LogP) is 2.90. The fourth-order valence-electron chi connectivity index (χ4n) is 4.15. The number of hydrogen-bond acceptors (Lipinski definition) is 5. The molecule has 0 bridgehead atoms. The molecule has 3 atom stereocenters. The first kappa shape index (κ1) is 17.0. The van der Waals surface area contributed by atoms with E-state index in [0.717, 1.165) is 37.7 Å². The molecule has 0 unspecified atom stereocenters. The van der Waals surface area contributed by atoms with Crippen LogP contribution in [0.25, 0.3) is 0 Å². The highest BCUT2D eigenvalue weighted by Gasteiger charge is 2.42. The van der Waals surface area contributed by atoms with Crippen LogP contribution in [0.1, 0.15) is 23.2 Å². The third-order valence-corrected chi connectivity index (χ3v) is 5.36. The van der Waals surface area contributed by atoms with Gasteiger partial charge in [-0.15, -0.1) is 0 Å². The Labute approximate surface area is 151 Å². The molecule has 1 aliphatic heterocycles. The van der Waals surface area contributed by atoms with E-state index in [1.54, 1.807) is 12.4 Å². The Kier molecular flexibility index (Phi) is 4.59. The number of halogens is 1. The average Bonchev–Trinajstić information content (AvgIpc) is 3.16. The molecule has 1 aliphatic carbocycles. The molecule has 4 rings (SSSR count). The van der Waals surface area contributed by atoms with Gasteiger partial charge in [0, 0.05) is 24.8 Å². The number of phenolic OH excluding ortho intramolecular Hbond substituents is 1. The van der Waals surface area contributed by atoms with Gasteiger partial charge < -0.3 is 9.84 Å². The molecule has 2 heterocycles. The molecule has 1 aromatic carbocycles. The summed E-state index contributed by atoms with van der Waals surface area (Å²) in [5.74, 6) is 0.550. The molecule has 0 amide bonds. The van der Waals surface area contributed by atoms with E-state index >= 15 is 0 Å². The van der Waals surface area contributed by atoms with E-state index in [-0.39, 0.29) is 18.4 Å². The third kappa shape index (κ3) is 3.55. The van der Waals surface area contributed by atoms with Gasteiger partial charge in [-0.05, 0) is 55.0 Å². The zero-order chi connectivity index (χ0) is 18.1. The van der Waals surface area contributed by atoms with Crippen molar-refractivity contribution in [2.24, 2.45) is 11.8 Å². The topological polar surface area (TPSA) is 62.7 Å². The number of phenols is 1. The number of Topliss-reactive ketones (excluding diaryl/α,β-unsaturated/α-hetero) is 1. The Morgan fingerprint density at radius 2 is 2.04 bits per heavy atom. The molecule has 1 saturated heterocycles. The van der Waals surface area contributed by atoms with Gasteiger partial charge in [-0.2, -0.15) is 0 Å². The lowest BCUT2D eigenvalue weighted by Gasteiger charge is -2.19. The van der Waals surface area contributed by atoms with Crippen molar-refractivity contribution in [2.45, 2.75) is 18.9 Å². The summed E-state index contributed by atoms with van der Waals surface area (Å²) in [6.45, 7) is 2.01. The number of pyridine rings is 1. The largest absolute Gasteiger partial charge is 0.505 e. The number of hydrogen-bond donors (Lipinski definition) is 1. The van der Waals surface area contributed by atoms with Gasteiger partial charge in [0.1, 0.15) is 5.75 Å². The normalized spacial score (nSPS) is 25.2. The molecule has 1 saturated carbocycles. The third-order valence-electron chi connectivity index (χ3n) is 5.36. The van der Waals surface area contributed by atoms with Crippen molar-refractivity contribution in [3.05, 3.63) is 54.1 Å². The first-order valence-electron chi connectivity index (χ1n) is 8.89. The summed E-state index contributed by atoms with van der Waals surface area (Å²) in [7, 11) is 0. The Balaban J connectivity index is 1.30. The minimum Gasteiger partial charge on any atom is -0.505 e. The average molecular weight is 356 g/mol. The second kappa shape index (κ2) is 7.03. The highest BCUT2D eigenvalue weighted by atomic mass is 19.1. The molecule has 0 radical (unpaired) electrons. The Morgan fingerprint density at radius 1 is 1.27 bits per heavy atom. The van der Waals surface area contributed by atoms with Crippen molar-refractivity contribution in [3.63, 3.8) is 0 Å². The lowest BCUT2D eigenvalue weighted by Crippen LogP contribution is -2.30. The van der Waals surface area contributed by atoms with Crippen molar-refractivity contribution < 1.29 is 19.0 Å². The van der Waals surface area contributed by atoms with Gasteiger partial charge in [-0.25, -0.2) is 4.39 Å². The molecule has 5 nitrogen and oxygen atoms in total. The van der Waals surface area contributed by atoms with Crippen LogP contribution in [-0.4, -0.2) is 46.5 Å². The van der Waals surface area contributed by atoms with Crippen LogP contribution in [0, 0.1) is 17.7 Å². The monoisotopic (exact) mass is 356 g/mol.